The maximum absolute atomic E-state index is 13.2. The normalized spacial score (nSPS) is 19.9. The first kappa shape index (κ1) is 25.1. The van der Waals surface area contributed by atoms with Gasteiger partial charge in [-0.3, -0.25) is 9.36 Å². The van der Waals surface area contributed by atoms with Crippen molar-refractivity contribution in [1.82, 2.24) is 34.5 Å². The predicted molar refractivity (Wildman–Crippen MR) is 134 cm³/mol. The van der Waals surface area contributed by atoms with Crippen LogP contribution in [0.25, 0.3) is 5.95 Å². The Morgan fingerprint density at radius 2 is 2.03 bits per heavy atom. The van der Waals surface area contributed by atoms with Gasteiger partial charge in [0, 0.05) is 44.8 Å². The van der Waals surface area contributed by atoms with Crippen molar-refractivity contribution in [2.24, 2.45) is 0 Å². The Balaban J connectivity index is 1.36. The Kier molecular flexibility index (Phi) is 7.09. The minimum absolute atomic E-state index is 0.103. The molecule has 2 aliphatic rings. The number of carbonyl (C=O) groups is 1. The molecule has 2 aromatic heterocycles. The number of rotatable bonds is 8. The van der Waals surface area contributed by atoms with Gasteiger partial charge in [-0.1, -0.05) is 6.07 Å². The standard InChI is InChI=1S/C24H29N7O5S/c1-37(33,34)31-11-9-25-16-24(31,21-5-7-28-23(29-21)30-10-8-26-17-30)15-22(32)27-6-4-18-2-3-19-20(14-18)36-13-12-35-19/h2-3,5,7-8,10,14,17,25H,4,6,9,11-13,15-16H2,1H3,(H,27,32). The summed E-state index contributed by atoms with van der Waals surface area (Å²) in [6.45, 7) is 2.33. The minimum Gasteiger partial charge on any atom is -0.486 e. The van der Waals surface area contributed by atoms with Crippen LogP contribution in [0.1, 0.15) is 17.7 Å². The summed E-state index contributed by atoms with van der Waals surface area (Å²) in [5.74, 6) is 1.47. The molecule has 12 nitrogen and oxygen atoms in total. The molecular weight excluding hydrogens is 498 g/mol. The fraction of sp³-hybridized carbons (Fsp3) is 0.417. The van der Waals surface area contributed by atoms with E-state index in [1.807, 2.05) is 18.2 Å². The number of carbonyl (C=O) groups excluding carboxylic acids is 1. The summed E-state index contributed by atoms with van der Waals surface area (Å²) in [5.41, 5.74) is 0.216. The van der Waals surface area contributed by atoms with Gasteiger partial charge in [0.15, 0.2) is 11.5 Å². The van der Waals surface area contributed by atoms with Gasteiger partial charge >= 0.3 is 0 Å². The van der Waals surface area contributed by atoms with Gasteiger partial charge in [-0.2, -0.15) is 4.31 Å². The SMILES string of the molecule is CS(=O)(=O)N1CCNCC1(CC(=O)NCCc1ccc2c(c1)OCCO2)c1ccnc(-n2ccnc2)n1. The Bertz CT molecular complexity index is 1370. The zero-order chi connectivity index (χ0) is 25.9. The largest absolute Gasteiger partial charge is 0.486 e. The number of amides is 1. The molecule has 37 heavy (non-hydrogen) atoms. The molecule has 1 aromatic carbocycles. The maximum Gasteiger partial charge on any atom is 0.235 e. The number of piperazine rings is 1. The lowest BCUT2D eigenvalue weighted by Gasteiger charge is -2.45. The highest BCUT2D eigenvalue weighted by molar-refractivity contribution is 7.88. The fourth-order valence-electron chi connectivity index (χ4n) is 4.75. The molecule has 0 saturated carbocycles. The number of hydrogen-bond donors (Lipinski definition) is 2. The van der Waals surface area contributed by atoms with E-state index >= 15 is 0 Å². The third-order valence-corrected chi connectivity index (χ3v) is 7.77. The first-order valence-corrected chi connectivity index (χ1v) is 13.9. The molecule has 4 heterocycles. The van der Waals surface area contributed by atoms with Gasteiger partial charge in [0.1, 0.15) is 19.5 Å². The smallest absolute Gasteiger partial charge is 0.235 e. The first-order chi connectivity index (χ1) is 17.8. The molecule has 1 saturated heterocycles. The van der Waals surface area contributed by atoms with Crippen molar-refractivity contribution in [2.45, 2.75) is 18.4 Å². The van der Waals surface area contributed by atoms with Crippen LogP contribution >= 0.6 is 0 Å². The van der Waals surface area contributed by atoms with Crippen LogP contribution < -0.4 is 20.1 Å². The van der Waals surface area contributed by atoms with Crippen molar-refractivity contribution in [3.63, 3.8) is 0 Å². The second kappa shape index (κ2) is 10.4. The third kappa shape index (κ3) is 5.43. The lowest BCUT2D eigenvalue weighted by Crippen LogP contribution is -2.62. The van der Waals surface area contributed by atoms with E-state index in [9.17, 15) is 13.2 Å². The second-order valence-corrected chi connectivity index (χ2v) is 10.9. The van der Waals surface area contributed by atoms with Crippen LogP contribution in [-0.2, 0) is 26.8 Å². The molecule has 2 aliphatic heterocycles. The number of ether oxygens (including phenoxy) is 2. The van der Waals surface area contributed by atoms with E-state index in [0.717, 1.165) is 11.8 Å². The molecule has 196 valence electrons. The number of hydrogen-bond acceptors (Lipinski definition) is 9. The molecule has 1 unspecified atom stereocenters. The highest BCUT2D eigenvalue weighted by Gasteiger charge is 2.48. The number of fused-ring (bicyclic) bond motifs is 1. The Hall–Kier alpha value is -3.55. The molecule has 0 aliphatic carbocycles. The average molecular weight is 528 g/mol. The van der Waals surface area contributed by atoms with Crippen molar-refractivity contribution in [3.8, 4) is 17.4 Å². The van der Waals surface area contributed by atoms with E-state index in [0.29, 0.717) is 55.9 Å². The minimum atomic E-state index is -3.66. The zero-order valence-electron chi connectivity index (χ0n) is 20.5. The van der Waals surface area contributed by atoms with Crippen LogP contribution in [0, 0.1) is 0 Å². The number of sulfonamides is 1. The molecule has 1 fully saturated rings. The average Bonchev–Trinajstić information content (AvgIpc) is 3.44. The number of benzene rings is 1. The van der Waals surface area contributed by atoms with Crippen molar-refractivity contribution in [1.29, 1.82) is 0 Å². The molecule has 1 amide bonds. The summed E-state index contributed by atoms with van der Waals surface area (Å²) in [7, 11) is -3.66. The van der Waals surface area contributed by atoms with Crippen molar-refractivity contribution in [2.75, 3.05) is 45.6 Å². The summed E-state index contributed by atoms with van der Waals surface area (Å²) < 4.78 is 39.9. The Labute approximate surface area is 215 Å². The topological polar surface area (TPSA) is 141 Å². The molecule has 3 aromatic rings. The second-order valence-electron chi connectivity index (χ2n) is 9.01. The van der Waals surface area contributed by atoms with Gasteiger partial charge in [-0.05, 0) is 30.2 Å². The van der Waals surface area contributed by atoms with Crippen LogP contribution in [0.4, 0.5) is 0 Å². The van der Waals surface area contributed by atoms with Crippen molar-refractivity contribution >= 4 is 15.9 Å². The monoisotopic (exact) mass is 527 g/mol. The van der Waals surface area contributed by atoms with E-state index in [-0.39, 0.29) is 25.4 Å². The zero-order valence-corrected chi connectivity index (χ0v) is 21.3. The molecule has 2 N–H and O–H groups in total. The lowest BCUT2D eigenvalue weighted by molar-refractivity contribution is -0.123. The van der Waals surface area contributed by atoms with Crippen LogP contribution in [0.3, 0.4) is 0 Å². The summed E-state index contributed by atoms with van der Waals surface area (Å²) >= 11 is 0. The van der Waals surface area contributed by atoms with Gasteiger partial charge in [0.25, 0.3) is 0 Å². The van der Waals surface area contributed by atoms with Gasteiger partial charge in [0.2, 0.25) is 21.9 Å². The molecule has 1 atom stereocenters. The third-order valence-electron chi connectivity index (χ3n) is 6.44. The van der Waals surface area contributed by atoms with E-state index in [2.05, 4.69) is 25.6 Å². The van der Waals surface area contributed by atoms with E-state index < -0.39 is 15.6 Å². The molecule has 0 bridgehead atoms. The van der Waals surface area contributed by atoms with Crippen LogP contribution in [-0.4, -0.2) is 83.8 Å². The predicted octanol–water partition coefficient (Wildman–Crippen LogP) is 0.243. The number of aromatic nitrogens is 4. The number of nitrogens with zero attached hydrogens (tertiary/aromatic N) is 5. The summed E-state index contributed by atoms with van der Waals surface area (Å²) in [6, 6.07) is 7.38. The first-order valence-electron chi connectivity index (χ1n) is 12.0. The Morgan fingerprint density at radius 1 is 1.19 bits per heavy atom. The maximum atomic E-state index is 13.2. The molecule has 0 radical (unpaired) electrons. The van der Waals surface area contributed by atoms with E-state index in [1.165, 1.54) is 4.31 Å². The van der Waals surface area contributed by atoms with Crippen molar-refractivity contribution < 1.29 is 22.7 Å². The summed E-state index contributed by atoms with van der Waals surface area (Å²) in [6.07, 6.45) is 8.06. The fourth-order valence-corrected chi connectivity index (χ4v) is 6.03. The van der Waals surface area contributed by atoms with Gasteiger partial charge in [-0.25, -0.2) is 23.4 Å². The van der Waals surface area contributed by atoms with Crippen LogP contribution in [0.2, 0.25) is 0 Å². The Morgan fingerprint density at radius 3 is 2.81 bits per heavy atom. The molecular formula is C24H29N7O5S. The van der Waals surface area contributed by atoms with Crippen LogP contribution in [0.15, 0.2) is 49.2 Å². The highest BCUT2D eigenvalue weighted by Crippen LogP contribution is 2.35. The van der Waals surface area contributed by atoms with Crippen LogP contribution in [0.5, 0.6) is 11.5 Å². The van der Waals surface area contributed by atoms with E-state index in [1.54, 1.807) is 35.6 Å². The highest BCUT2D eigenvalue weighted by atomic mass is 32.2. The van der Waals surface area contributed by atoms with Gasteiger partial charge < -0.3 is 20.1 Å². The van der Waals surface area contributed by atoms with Crippen molar-refractivity contribution in [3.05, 3.63) is 60.4 Å². The number of nitrogens with one attached hydrogen (secondary N) is 2. The molecule has 5 rings (SSSR count). The summed E-state index contributed by atoms with van der Waals surface area (Å²) in [4.78, 5) is 26.2. The van der Waals surface area contributed by atoms with E-state index in [4.69, 9.17) is 9.47 Å². The quantitative estimate of drug-likeness (QED) is 0.422. The number of imidazole rings is 1. The summed E-state index contributed by atoms with van der Waals surface area (Å²) in [5, 5.41) is 6.20. The van der Waals surface area contributed by atoms with Gasteiger partial charge in [-0.15, -0.1) is 0 Å². The molecule has 13 heteroatoms. The lowest BCUT2D eigenvalue weighted by atomic mass is 9.88. The molecule has 0 spiro atoms. The van der Waals surface area contributed by atoms with Gasteiger partial charge in [0.05, 0.1) is 23.9 Å².